The van der Waals surface area contributed by atoms with Crippen molar-refractivity contribution >= 4 is 58.0 Å². The van der Waals surface area contributed by atoms with E-state index < -0.39 is 3.79 Å². The smallest absolute Gasteiger partial charge is 0.216 e. The summed E-state index contributed by atoms with van der Waals surface area (Å²) in [6, 6.07) is 9.13. The molecule has 1 N–H and O–H groups in total. The minimum Gasteiger partial charge on any atom is -0.508 e. The van der Waals surface area contributed by atoms with Gasteiger partial charge in [0.05, 0.1) is 10.0 Å². The minimum atomic E-state index is -1.63. The third-order valence-electron chi connectivity index (χ3n) is 2.36. The second kappa shape index (κ2) is 6.08. The molecule has 0 aliphatic carbocycles. The van der Waals surface area contributed by atoms with Crippen LogP contribution in [0, 0.1) is 0 Å². The first-order valence-electron chi connectivity index (χ1n) is 5.30. The number of ether oxygens (including phenoxy) is 1. The Hall–Kier alpha value is -0.510. The van der Waals surface area contributed by atoms with Crippen LogP contribution < -0.4 is 4.74 Å². The van der Waals surface area contributed by atoms with Gasteiger partial charge in [0.25, 0.3) is 0 Å². The Kier molecular flexibility index (Phi) is 4.83. The van der Waals surface area contributed by atoms with Gasteiger partial charge in [-0.3, -0.25) is 0 Å². The second-order valence-corrected chi connectivity index (χ2v) is 6.96. The second-order valence-electron chi connectivity index (χ2n) is 3.87. The number of alkyl halides is 3. The van der Waals surface area contributed by atoms with Crippen molar-refractivity contribution in [2.45, 2.75) is 3.79 Å². The van der Waals surface area contributed by atoms with Gasteiger partial charge in [0, 0.05) is 11.6 Å². The summed E-state index contributed by atoms with van der Waals surface area (Å²) in [5.41, 5.74) is 0.334. The number of hydrogen-bond acceptors (Lipinski definition) is 2. The van der Waals surface area contributed by atoms with Crippen LogP contribution >= 0.6 is 58.0 Å². The largest absolute Gasteiger partial charge is 0.508 e. The number of hydrogen-bond donors (Lipinski definition) is 1. The van der Waals surface area contributed by atoms with Crippen LogP contribution in [-0.4, -0.2) is 5.11 Å². The van der Waals surface area contributed by atoms with Crippen molar-refractivity contribution in [3.05, 3.63) is 52.0 Å². The van der Waals surface area contributed by atoms with E-state index in [9.17, 15) is 5.11 Å². The summed E-state index contributed by atoms with van der Waals surface area (Å²) in [5, 5.41) is 9.78. The van der Waals surface area contributed by atoms with Crippen molar-refractivity contribution in [1.82, 2.24) is 0 Å². The zero-order valence-electron chi connectivity index (χ0n) is 9.71. The van der Waals surface area contributed by atoms with Crippen molar-refractivity contribution in [2.75, 3.05) is 0 Å². The van der Waals surface area contributed by atoms with Gasteiger partial charge < -0.3 is 9.84 Å². The standard InChI is InChI=1S/C13H7Cl5O2/c14-10-4-7(13(16,17)18)5-11(15)12(10)20-9-3-1-2-8(19)6-9/h1-6,19H. The Balaban J connectivity index is 2.38. The Morgan fingerprint density at radius 2 is 1.55 bits per heavy atom. The molecule has 0 aliphatic heterocycles. The van der Waals surface area contributed by atoms with Gasteiger partial charge in [0.15, 0.2) is 5.75 Å². The number of phenols is 1. The summed E-state index contributed by atoms with van der Waals surface area (Å²) in [5.74, 6) is 0.667. The maximum absolute atomic E-state index is 9.38. The highest BCUT2D eigenvalue weighted by molar-refractivity contribution is 6.66. The Morgan fingerprint density at radius 1 is 0.950 bits per heavy atom. The molecule has 2 nitrogen and oxygen atoms in total. The molecule has 0 aromatic heterocycles. The van der Waals surface area contributed by atoms with E-state index in [0.717, 1.165) is 0 Å². The van der Waals surface area contributed by atoms with Crippen LogP contribution in [0.3, 0.4) is 0 Å². The summed E-state index contributed by atoms with van der Waals surface area (Å²) in [4.78, 5) is 0. The molecule has 0 aliphatic rings. The molecule has 0 bridgehead atoms. The van der Waals surface area contributed by atoms with E-state index in [4.69, 9.17) is 62.7 Å². The molecular formula is C13H7Cl5O2. The predicted octanol–water partition coefficient (Wildman–Crippen LogP) is 6.32. The highest BCUT2D eigenvalue weighted by Gasteiger charge is 2.25. The van der Waals surface area contributed by atoms with Crippen molar-refractivity contribution in [3.8, 4) is 17.2 Å². The average Bonchev–Trinajstić information content (AvgIpc) is 2.32. The van der Waals surface area contributed by atoms with Crippen molar-refractivity contribution in [1.29, 1.82) is 0 Å². The maximum Gasteiger partial charge on any atom is 0.216 e. The number of rotatable bonds is 2. The first-order chi connectivity index (χ1) is 9.27. The average molecular weight is 372 g/mol. The highest BCUT2D eigenvalue weighted by Crippen LogP contribution is 2.45. The zero-order valence-corrected chi connectivity index (χ0v) is 13.5. The Bertz CT molecular complexity index is 614. The molecule has 2 aromatic rings. The Morgan fingerprint density at radius 3 is 2.05 bits per heavy atom. The Labute approximate surface area is 140 Å². The molecular weight excluding hydrogens is 365 g/mol. The SMILES string of the molecule is Oc1cccc(Oc2c(Cl)cc(C(Cl)(Cl)Cl)cc2Cl)c1. The summed E-state index contributed by atoms with van der Waals surface area (Å²) >= 11 is 29.5. The summed E-state index contributed by atoms with van der Waals surface area (Å²) in [6.45, 7) is 0. The molecule has 0 atom stereocenters. The van der Waals surface area contributed by atoms with Crippen LogP contribution in [-0.2, 0) is 3.79 Å². The number of halogens is 5. The van der Waals surface area contributed by atoms with Crippen LogP contribution in [0.25, 0.3) is 0 Å². The monoisotopic (exact) mass is 370 g/mol. The lowest BCUT2D eigenvalue weighted by atomic mass is 10.2. The van der Waals surface area contributed by atoms with Gasteiger partial charge in [-0.15, -0.1) is 0 Å². The van der Waals surface area contributed by atoms with Gasteiger partial charge in [0.1, 0.15) is 11.5 Å². The molecule has 106 valence electrons. The van der Waals surface area contributed by atoms with Crippen molar-refractivity contribution in [3.63, 3.8) is 0 Å². The summed E-state index contributed by atoms with van der Waals surface area (Å²) < 4.78 is 3.91. The van der Waals surface area contributed by atoms with Crippen molar-refractivity contribution in [2.24, 2.45) is 0 Å². The maximum atomic E-state index is 9.38. The van der Waals surface area contributed by atoms with Gasteiger partial charge in [-0.1, -0.05) is 64.1 Å². The van der Waals surface area contributed by atoms with Gasteiger partial charge in [-0.25, -0.2) is 0 Å². The van der Waals surface area contributed by atoms with Crippen LogP contribution in [0.5, 0.6) is 17.2 Å². The fraction of sp³-hybridized carbons (Fsp3) is 0.0769. The van der Waals surface area contributed by atoms with E-state index in [0.29, 0.717) is 11.3 Å². The minimum absolute atomic E-state index is 0.0626. The van der Waals surface area contributed by atoms with E-state index in [-0.39, 0.29) is 21.5 Å². The van der Waals surface area contributed by atoms with E-state index in [2.05, 4.69) is 0 Å². The lowest BCUT2D eigenvalue weighted by Crippen LogP contribution is -2.00. The lowest BCUT2D eigenvalue weighted by molar-refractivity contribution is 0.455. The summed E-state index contributed by atoms with van der Waals surface area (Å²) in [6.07, 6.45) is 0. The quantitative estimate of drug-likeness (QED) is 0.625. The fourth-order valence-corrected chi connectivity index (χ4v) is 2.38. The number of aromatic hydroxyl groups is 1. The number of phenolic OH excluding ortho intramolecular Hbond substituents is 1. The van der Waals surface area contributed by atoms with Crippen LogP contribution in [0.4, 0.5) is 0 Å². The molecule has 0 radical (unpaired) electrons. The van der Waals surface area contributed by atoms with Gasteiger partial charge in [0.2, 0.25) is 3.79 Å². The molecule has 0 saturated carbocycles. The van der Waals surface area contributed by atoms with E-state index in [1.165, 1.54) is 24.3 Å². The lowest BCUT2D eigenvalue weighted by Gasteiger charge is -2.15. The molecule has 2 aromatic carbocycles. The third kappa shape index (κ3) is 3.78. The molecule has 0 heterocycles. The molecule has 7 heteroatoms. The molecule has 0 fully saturated rings. The van der Waals surface area contributed by atoms with Gasteiger partial charge >= 0.3 is 0 Å². The highest BCUT2D eigenvalue weighted by atomic mass is 35.6. The van der Waals surface area contributed by atoms with Crippen molar-refractivity contribution < 1.29 is 9.84 Å². The van der Waals surface area contributed by atoms with E-state index in [1.54, 1.807) is 12.1 Å². The van der Waals surface area contributed by atoms with Crippen LogP contribution in [0.2, 0.25) is 10.0 Å². The molecule has 20 heavy (non-hydrogen) atoms. The molecule has 0 spiro atoms. The first-order valence-corrected chi connectivity index (χ1v) is 7.19. The summed E-state index contributed by atoms with van der Waals surface area (Å²) in [7, 11) is 0. The first kappa shape index (κ1) is 15.9. The van der Waals surface area contributed by atoms with E-state index in [1.807, 2.05) is 0 Å². The van der Waals surface area contributed by atoms with Gasteiger partial charge in [-0.2, -0.15) is 0 Å². The topological polar surface area (TPSA) is 29.5 Å². The zero-order chi connectivity index (χ0) is 14.9. The van der Waals surface area contributed by atoms with E-state index >= 15 is 0 Å². The predicted molar refractivity (Wildman–Crippen MR) is 83.9 cm³/mol. The number of benzene rings is 2. The van der Waals surface area contributed by atoms with Gasteiger partial charge in [-0.05, 0) is 24.3 Å². The molecule has 0 unspecified atom stereocenters. The molecule has 0 amide bonds. The molecule has 2 rings (SSSR count). The van der Waals surface area contributed by atoms with Crippen LogP contribution in [0.1, 0.15) is 5.56 Å². The third-order valence-corrected chi connectivity index (χ3v) is 3.58. The fourth-order valence-electron chi connectivity index (χ4n) is 1.49. The normalized spacial score (nSPS) is 11.4. The molecule has 0 saturated heterocycles. The van der Waals surface area contributed by atoms with Crippen LogP contribution in [0.15, 0.2) is 36.4 Å².